The Labute approximate surface area is 147 Å². The van der Waals surface area contributed by atoms with Gasteiger partial charge in [-0.05, 0) is 24.6 Å². The van der Waals surface area contributed by atoms with Crippen LogP contribution in [0.1, 0.15) is 11.1 Å². The van der Waals surface area contributed by atoms with Gasteiger partial charge in [0.1, 0.15) is 0 Å². The van der Waals surface area contributed by atoms with Gasteiger partial charge < -0.3 is 5.11 Å². The molecule has 0 bridgehead atoms. The average Bonchev–Trinajstić information content (AvgIpc) is 2.62. The molecule has 0 aliphatic carbocycles. The zero-order valence-corrected chi connectivity index (χ0v) is 14.8. The van der Waals surface area contributed by atoms with E-state index in [0.29, 0.717) is 5.39 Å². The monoisotopic (exact) mass is 356 g/mol. The molecular formula is C19H20N2O3S. The summed E-state index contributed by atoms with van der Waals surface area (Å²) in [5.41, 5.74) is 1.99. The number of aliphatic hydroxyl groups excluding tert-OH is 1. The van der Waals surface area contributed by atoms with Gasteiger partial charge >= 0.3 is 0 Å². The predicted molar refractivity (Wildman–Crippen MR) is 97.6 cm³/mol. The van der Waals surface area contributed by atoms with Crippen LogP contribution in [0.3, 0.4) is 0 Å². The second-order valence-corrected chi connectivity index (χ2v) is 7.81. The number of benzene rings is 2. The van der Waals surface area contributed by atoms with Gasteiger partial charge in [-0.25, -0.2) is 8.42 Å². The van der Waals surface area contributed by atoms with Crippen molar-refractivity contribution >= 4 is 20.8 Å². The Morgan fingerprint density at radius 1 is 1.08 bits per heavy atom. The summed E-state index contributed by atoms with van der Waals surface area (Å²) >= 11 is 0. The third kappa shape index (κ3) is 3.71. The maximum Gasteiger partial charge on any atom is 0.244 e. The van der Waals surface area contributed by atoms with Gasteiger partial charge in [-0.1, -0.05) is 42.0 Å². The molecule has 0 fully saturated rings. The lowest BCUT2D eigenvalue weighted by Gasteiger charge is -2.22. The van der Waals surface area contributed by atoms with Crippen molar-refractivity contribution in [1.82, 2.24) is 9.29 Å². The minimum Gasteiger partial charge on any atom is -0.395 e. The predicted octanol–water partition coefficient (Wildman–Crippen LogP) is 2.73. The zero-order valence-electron chi connectivity index (χ0n) is 14.0. The molecule has 3 rings (SSSR count). The van der Waals surface area contributed by atoms with Crippen LogP contribution in [0, 0.1) is 6.92 Å². The third-order valence-corrected chi connectivity index (χ3v) is 5.99. The summed E-state index contributed by atoms with van der Waals surface area (Å²) in [4.78, 5) is 4.27. The number of nitrogens with zero attached hydrogens (tertiary/aromatic N) is 2. The van der Waals surface area contributed by atoms with Gasteiger partial charge in [0.15, 0.2) is 0 Å². The molecule has 0 atom stereocenters. The molecule has 0 spiro atoms. The fourth-order valence-corrected chi connectivity index (χ4v) is 4.38. The number of aryl methyl sites for hydroxylation is 1. The van der Waals surface area contributed by atoms with Crippen LogP contribution in [0.4, 0.5) is 0 Å². The van der Waals surface area contributed by atoms with Gasteiger partial charge in [-0.3, -0.25) is 4.98 Å². The quantitative estimate of drug-likeness (QED) is 0.737. The molecular weight excluding hydrogens is 336 g/mol. The molecule has 0 saturated heterocycles. The number of pyridine rings is 1. The van der Waals surface area contributed by atoms with Crippen LogP contribution in [0.25, 0.3) is 10.8 Å². The molecule has 0 saturated carbocycles. The summed E-state index contributed by atoms with van der Waals surface area (Å²) in [6.45, 7) is 2.00. The van der Waals surface area contributed by atoms with Crippen LogP contribution in [0.5, 0.6) is 0 Å². The first-order chi connectivity index (χ1) is 12.0. The fraction of sp³-hybridized carbons (Fsp3) is 0.211. The van der Waals surface area contributed by atoms with Crippen molar-refractivity contribution in [3.63, 3.8) is 0 Å². The van der Waals surface area contributed by atoms with Crippen LogP contribution in [0.2, 0.25) is 0 Å². The number of fused-ring (bicyclic) bond motifs is 1. The topological polar surface area (TPSA) is 70.5 Å². The Kier molecular flexibility index (Phi) is 5.13. The average molecular weight is 356 g/mol. The number of hydrogen-bond acceptors (Lipinski definition) is 4. The van der Waals surface area contributed by atoms with Gasteiger partial charge in [-0.2, -0.15) is 4.31 Å². The smallest absolute Gasteiger partial charge is 0.244 e. The van der Waals surface area contributed by atoms with Crippen molar-refractivity contribution in [2.45, 2.75) is 18.4 Å². The maximum absolute atomic E-state index is 13.2. The normalized spacial score (nSPS) is 12.0. The van der Waals surface area contributed by atoms with Crippen molar-refractivity contribution in [3.8, 4) is 0 Å². The van der Waals surface area contributed by atoms with Gasteiger partial charge in [0.05, 0.1) is 11.5 Å². The first-order valence-electron chi connectivity index (χ1n) is 8.01. The lowest BCUT2D eigenvalue weighted by molar-refractivity contribution is 0.251. The minimum absolute atomic E-state index is 0.0394. The van der Waals surface area contributed by atoms with Crippen molar-refractivity contribution in [1.29, 1.82) is 0 Å². The van der Waals surface area contributed by atoms with E-state index in [1.807, 2.05) is 37.3 Å². The SMILES string of the molecule is Cc1ccc(CN(CCO)S(=O)(=O)c2cccc3cnccc23)cc1. The molecule has 0 aliphatic heterocycles. The number of aromatic nitrogens is 1. The van der Waals surface area contributed by atoms with Crippen molar-refractivity contribution < 1.29 is 13.5 Å². The standard InChI is InChI=1S/C19H20N2O3S/c1-15-5-7-16(8-6-15)14-21(11-12-22)25(23,24)19-4-2-3-17-13-20-10-9-18(17)19/h2-10,13,22H,11-12,14H2,1H3. The molecule has 0 unspecified atom stereocenters. The molecule has 3 aromatic rings. The van der Waals surface area contributed by atoms with E-state index >= 15 is 0 Å². The van der Waals surface area contributed by atoms with Gasteiger partial charge in [0, 0.05) is 36.3 Å². The second kappa shape index (κ2) is 7.31. The van der Waals surface area contributed by atoms with Crippen LogP contribution >= 0.6 is 0 Å². The van der Waals surface area contributed by atoms with Gasteiger partial charge in [-0.15, -0.1) is 0 Å². The van der Waals surface area contributed by atoms with E-state index in [-0.39, 0.29) is 24.6 Å². The highest BCUT2D eigenvalue weighted by atomic mass is 32.2. The lowest BCUT2D eigenvalue weighted by atomic mass is 10.1. The number of rotatable bonds is 6. The molecule has 130 valence electrons. The Morgan fingerprint density at radius 2 is 1.84 bits per heavy atom. The van der Waals surface area contributed by atoms with Crippen molar-refractivity contribution in [2.24, 2.45) is 0 Å². The molecule has 6 heteroatoms. The Bertz CT molecular complexity index is 964. The van der Waals surface area contributed by atoms with E-state index in [2.05, 4.69) is 4.98 Å². The molecule has 1 N–H and O–H groups in total. The van der Waals surface area contributed by atoms with Gasteiger partial charge in [0.2, 0.25) is 10.0 Å². The Balaban J connectivity index is 2.03. The highest BCUT2D eigenvalue weighted by Crippen LogP contribution is 2.26. The maximum atomic E-state index is 13.2. The van der Waals surface area contributed by atoms with E-state index < -0.39 is 10.0 Å². The lowest BCUT2D eigenvalue weighted by Crippen LogP contribution is -2.33. The van der Waals surface area contributed by atoms with Crippen LogP contribution in [0.15, 0.2) is 65.8 Å². The zero-order chi connectivity index (χ0) is 17.9. The van der Waals surface area contributed by atoms with Crippen LogP contribution in [-0.4, -0.2) is 36.0 Å². The molecule has 0 amide bonds. The largest absolute Gasteiger partial charge is 0.395 e. The first kappa shape index (κ1) is 17.5. The molecule has 5 nitrogen and oxygen atoms in total. The third-order valence-electron chi connectivity index (χ3n) is 4.09. The highest BCUT2D eigenvalue weighted by molar-refractivity contribution is 7.89. The first-order valence-corrected chi connectivity index (χ1v) is 9.45. The fourth-order valence-electron chi connectivity index (χ4n) is 2.75. The molecule has 1 aromatic heterocycles. The second-order valence-electron chi connectivity index (χ2n) is 5.90. The van der Waals surface area contributed by atoms with Gasteiger partial charge in [0.25, 0.3) is 0 Å². The summed E-state index contributed by atoms with van der Waals surface area (Å²) < 4.78 is 27.7. The molecule has 0 radical (unpaired) electrons. The summed E-state index contributed by atoms with van der Waals surface area (Å²) in [5.74, 6) is 0. The van der Waals surface area contributed by atoms with Crippen molar-refractivity contribution in [3.05, 3.63) is 72.1 Å². The van der Waals surface area contributed by atoms with Crippen molar-refractivity contribution in [2.75, 3.05) is 13.2 Å². The van der Waals surface area contributed by atoms with E-state index in [9.17, 15) is 13.5 Å². The summed E-state index contributed by atoms with van der Waals surface area (Å²) in [5, 5.41) is 10.8. The highest BCUT2D eigenvalue weighted by Gasteiger charge is 2.26. The van der Waals surface area contributed by atoms with Crippen LogP contribution in [-0.2, 0) is 16.6 Å². The van der Waals surface area contributed by atoms with E-state index in [4.69, 9.17) is 0 Å². The number of sulfonamides is 1. The molecule has 0 aliphatic rings. The Morgan fingerprint density at radius 3 is 2.56 bits per heavy atom. The summed E-state index contributed by atoms with van der Waals surface area (Å²) in [7, 11) is -3.75. The van der Waals surface area contributed by atoms with E-state index in [1.54, 1.807) is 30.6 Å². The molecule has 25 heavy (non-hydrogen) atoms. The van der Waals surface area contributed by atoms with E-state index in [1.165, 1.54) is 4.31 Å². The van der Waals surface area contributed by atoms with E-state index in [0.717, 1.165) is 16.5 Å². The number of hydrogen-bond donors (Lipinski definition) is 1. The minimum atomic E-state index is -3.75. The molecule has 2 aromatic carbocycles. The summed E-state index contributed by atoms with van der Waals surface area (Å²) in [6.07, 6.45) is 3.22. The number of aliphatic hydroxyl groups is 1. The van der Waals surface area contributed by atoms with Crippen LogP contribution < -0.4 is 0 Å². The summed E-state index contributed by atoms with van der Waals surface area (Å²) in [6, 6.07) is 14.5. The Hall–Kier alpha value is -2.28. The molecule has 1 heterocycles.